The molecule has 0 aliphatic carbocycles. The van der Waals surface area contributed by atoms with Crippen LogP contribution in [0.3, 0.4) is 0 Å². The second-order valence-electron chi connectivity index (χ2n) is 6.81. The van der Waals surface area contributed by atoms with Gasteiger partial charge in [-0.25, -0.2) is 0 Å². The highest BCUT2D eigenvalue weighted by atomic mass is 16.1. The molecule has 1 aromatic carbocycles. The number of benzene rings is 1. The van der Waals surface area contributed by atoms with Crippen LogP contribution in [0.25, 0.3) is 0 Å². The van der Waals surface area contributed by atoms with Crippen molar-refractivity contribution in [2.45, 2.75) is 32.2 Å². The van der Waals surface area contributed by atoms with E-state index in [1.165, 1.54) is 5.56 Å². The first-order valence-electron chi connectivity index (χ1n) is 7.53. The molecule has 22 heavy (non-hydrogen) atoms. The maximum atomic E-state index is 12.9. The molecule has 1 atom stereocenters. The van der Waals surface area contributed by atoms with Gasteiger partial charge in [-0.3, -0.25) is 14.7 Å². The molecule has 1 heterocycles. The summed E-state index contributed by atoms with van der Waals surface area (Å²) in [5.41, 5.74) is 2.81. The molecule has 0 aliphatic heterocycles. The van der Waals surface area contributed by atoms with Gasteiger partial charge in [-0.1, -0.05) is 51.1 Å². The van der Waals surface area contributed by atoms with Gasteiger partial charge in [0, 0.05) is 11.8 Å². The minimum absolute atomic E-state index is 0.0733. The summed E-state index contributed by atoms with van der Waals surface area (Å²) in [6, 6.07) is 13.2. The molecular weight excluding hydrogens is 272 g/mol. The topological polar surface area (TPSA) is 33.2 Å². The van der Waals surface area contributed by atoms with Crippen LogP contribution in [0, 0.1) is 0 Å². The standard InChI is InChI=1S/C19H24N2O/c1-19(2,3)15-11-9-14(10-12-15)18(22)17(21(4)5)16-8-6-7-13-20-16/h6-13,17H,1-5H3. The van der Waals surface area contributed by atoms with E-state index in [-0.39, 0.29) is 17.2 Å². The van der Waals surface area contributed by atoms with E-state index in [4.69, 9.17) is 0 Å². The average Bonchev–Trinajstić information content (AvgIpc) is 2.47. The van der Waals surface area contributed by atoms with Crippen LogP contribution in [-0.4, -0.2) is 29.8 Å². The quantitative estimate of drug-likeness (QED) is 0.803. The zero-order valence-electron chi connectivity index (χ0n) is 14.0. The summed E-state index contributed by atoms with van der Waals surface area (Å²) in [5.74, 6) is 0.0733. The van der Waals surface area contributed by atoms with E-state index in [9.17, 15) is 4.79 Å². The largest absolute Gasteiger partial charge is 0.294 e. The van der Waals surface area contributed by atoms with Crippen molar-refractivity contribution in [1.82, 2.24) is 9.88 Å². The molecule has 116 valence electrons. The van der Waals surface area contributed by atoms with Gasteiger partial charge >= 0.3 is 0 Å². The van der Waals surface area contributed by atoms with Crippen LogP contribution in [0.2, 0.25) is 0 Å². The first-order valence-corrected chi connectivity index (χ1v) is 7.53. The predicted octanol–water partition coefficient (Wildman–Crippen LogP) is 3.86. The zero-order valence-corrected chi connectivity index (χ0v) is 14.0. The average molecular weight is 296 g/mol. The van der Waals surface area contributed by atoms with Crippen molar-refractivity contribution in [2.75, 3.05) is 14.1 Å². The molecule has 0 saturated heterocycles. The SMILES string of the molecule is CN(C)C(C(=O)c1ccc(C(C)(C)C)cc1)c1ccccn1. The Morgan fingerprint density at radius 3 is 2.14 bits per heavy atom. The van der Waals surface area contributed by atoms with Gasteiger partial charge in [0.2, 0.25) is 0 Å². The van der Waals surface area contributed by atoms with Gasteiger partial charge in [-0.2, -0.15) is 0 Å². The van der Waals surface area contributed by atoms with Gasteiger partial charge in [0.15, 0.2) is 5.78 Å². The normalized spacial score (nSPS) is 13.2. The van der Waals surface area contributed by atoms with Gasteiger partial charge in [0.05, 0.1) is 5.69 Å². The van der Waals surface area contributed by atoms with Gasteiger partial charge in [0.1, 0.15) is 6.04 Å². The van der Waals surface area contributed by atoms with Crippen molar-refractivity contribution in [3.8, 4) is 0 Å². The summed E-state index contributed by atoms with van der Waals surface area (Å²) in [5, 5.41) is 0. The van der Waals surface area contributed by atoms with Crippen molar-refractivity contribution in [2.24, 2.45) is 0 Å². The van der Waals surface area contributed by atoms with Gasteiger partial charge < -0.3 is 0 Å². The highest BCUT2D eigenvalue weighted by molar-refractivity contribution is 6.00. The number of aromatic nitrogens is 1. The summed E-state index contributed by atoms with van der Waals surface area (Å²) in [6.07, 6.45) is 1.72. The Balaban J connectivity index is 2.32. The van der Waals surface area contributed by atoms with E-state index in [0.29, 0.717) is 0 Å². The molecule has 0 radical (unpaired) electrons. The second kappa shape index (κ2) is 6.41. The van der Waals surface area contributed by atoms with Gasteiger partial charge in [0.25, 0.3) is 0 Å². The molecule has 0 fully saturated rings. The van der Waals surface area contributed by atoms with E-state index in [1.807, 2.05) is 61.5 Å². The Labute approximate surface area is 133 Å². The van der Waals surface area contributed by atoms with Crippen molar-refractivity contribution in [3.63, 3.8) is 0 Å². The van der Waals surface area contributed by atoms with Crippen LogP contribution in [-0.2, 0) is 5.41 Å². The predicted molar refractivity (Wildman–Crippen MR) is 90.1 cm³/mol. The third kappa shape index (κ3) is 3.60. The minimum atomic E-state index is -0.360. The lowest BCUT2D eigenvalue weighted by Gasteiger charge is -2.23. The summed E-state index contributed by atoms with van der Waals surface area (Å²) in [6.45, 7) is 6.50. The van der Waals surface area contributed by atoms with E-state index in [0.717, 1.165) is 11.3 Å². The smallest absolute Gasteiger partial charge is 0.186 e. The summed E-state index contributed by atoms with van der Waals surface area (Å²) in [7, 11) is 3.81. The fourth-order valence-electron chi connectivity index (χ4n) is 2.46. The Kier molecular flexibility index (Phi) is 4.77. The van der Waals surface area contributed by atoms with E-state index in [1.54, 1.807) is 6.20 Å². The molecule has 0 N–H and O–H groups in total. The highest BCUT2D eigenvalue weighted by Gasteiger charge is 2.25. The van der Waals surface area contributed by atoms with E-state index in [2.05, 4.69) is 25.8 Å². The summed E-state index contributed by atoms with van der Waals surface area (Å²) in [4.78, 5) is 19.1. The molecule has 2 aromatic rings. The van der Waals surface area contributed by atoms with Crippen LogP contribution in [0.15, 0.2) is 48.7 Å². The lowest BCUT2D eigenvalue weighted by Crippen LogP contribution is -2.28. The third-order valence-electron chi connectivity index (χ3n) is 3.77. The molecule has 3 heteroatoms. The van der Waals surface area contributed by atoms with E-state index >= 15 is 0 Å². The summed E-state index contributed by atoms with van der Waals surface area (Å²) >= 11 is 0. The first kappa shape index (κ1) is 16.4. The van der Waals surface area contributed by atoms with Crippen LogP contribution < -0.4 is 0 Å². The molecule has 0 saturated carbocycles. The fraction of sp³-hybridized carbons (Fsp3) is 0.368. The molecule has 0 spiro atoms. The van der Waals surface area contributed by atoms with Crippen LogP contribution in [0.1, 0.15) is 48.4 Å². The molecule has 0 aliphatic rings. The Morgan fingerprint density at radius 2 is 1.68 bits per heavy atom. The molecule has 0 amide bonds. The number of nitrogens with zero attached hydrogens (tertiary/aromatic N) is 2. The van der Waals surface area contributed by atoms with Crippen molar-refractivity contribution in [3.05, 3.63) is 65.5 Å². The van der Waals surface area contributed by atoms with Crippen molar-refractivity contribution < 1.29 is 4.79 Å². The molecule has 2 rings (SSSR count). The number of hydrogen-bond donors (Lipinski definition) is 0. The monoisotopic (exact) mass is 296 g/mol. The number of rotatable bonds is 4. The van der Waals surface area contributed by atoms with Crippen molar-refractivity contribution in [1.29, 1.82) is 0 Å². The molecule has 0 bridgehead atoms. The molecule has 3 nitrogen and oxygen atoms in total. The first-order chi connectivity index (χ1) is 10.3. The Hall–Kier alpha value is -2.00. The maximum Gasteiger partial charge on any atom is 0.186 e. The minimum Gasteiger partial charge on any atom is -0.294 e. The fourth-order valence-corrected chi connectivity index (χ4v) is 2.46. The zero-order chi connectivity index (χ0) is 16.3. The molecular formula is C19H24N2O. The lowest BCUT2D eigenvalue weighted by atomic mass is 9.86. The number of Topliss-reactive ketones (excluding diaryl/α,β-unsaturated/α-hetero) is 1. The van der Waals surface area contributed by atoms with E-state index < -0.39 is 0 Å². The maximum absolute atomic E-state index is 12.9. The van der Waals surface area contributed by atoms with Crippen LogP contribution in [0.4, 0.5) is 0 Å². The Morgan fingerprint density at radius 1 is 1.05 bits per heavy atom. The highest BCUT2D eigenvalue weighted by Crippen LogP contribution is 2.25. The number of pyridine rings is 1. The number of carbonyl (C=O) groups excluding carboxylic acids is 1. The summed E-state index contributed by atoms with van der Waals surface area (Å²) < 4.78 is 0. The number of likely N-dealkylation sites (N-methyl/N-ethyl adjacent to an activating group) is 1. The third-order valence-corrected chi connectivity index (χ3v) is 3.77. The van der Waals surface area contributed by atoms with Crippen LogP contribution >= 0.6 is 0 Å². The molecule has 1 aromatic heterocycles. The van der Waals surface area contributed by atoms with Crippen molar-refractivity contribution >= 4 is 5.78 Å². The Bertz CT molecular complexity index is 625. The van der Waals surface area contributed by atoms with Crippen LogP contribution in [0.5, 0.6) is 0 Å². The second-order valence-corrected chi connectivity index (χ2v) is 6.81. The lowest BCUT2D eigenvalue weighted by molar-refractivity contribution is 0.0871. The molecule has 1 unspecified atom stereocenters. The number of carbonyl (C=O) groups is 1. The van der Waals surface area contributed by atoms with Gasteiger partial charge in [-0.15, -0.1) is 0 Å². The number of ketones is 1. The number of hydrogen-bond acceptors (Lipinski definition) is 3. The van der Waals surface area contributed by atoms with Gasteiger partial charge in [-0.05, 0) is 37.2 Å².